The van der Waals surface area contributed by atoms with Gasteiger partial charge in [0.25, 0.3) is 10.0 Å². The number of ether oxygens (including phenoxy) is 1. The van der Waals surface area contributed by atoms with Gasteiger partial charge in [-0.3, -0.25) is 4.79 Å². The Kier molecular flexibility index (Phi) is 6.29. The zero-order chi connectivity index (χ0) is 20.2. The Balaban J connectivity index is 2.35. The number of methoxy groups -OCH3 is 1. The third kappa shape index (κ3) is 5.08. The topological polar surface area (TPSA) is 127 Å². The number of hydrogen-bond acceptors (Lipinski definition) is 8. The molecule has 2 rings (SSSR count). The summed E-state index contributed by atoms with van der Waals surface area (Å²) < 4.78 is 32.0. The van der Waals surface area contributed by atoms with Crippen molar-refractivity contribution in [3.63, 3.8) is 0 Å². The Morgan fingerprint density at radius 2 is 1.81 bits per heavy atom. The maximum Gasteiger partial charge on any atom is 0.330 e. The van der Waals surface area contributed by atoms with Gasteiger partial charge in [0.1, 0.15) is 16.6 Å². The normalized spacial score (nSPS) is 13.0. The van der Waals surface area contributed by atoms with Crippen molar-refractivity contribution in [3.05, 3.63) is 40.9 Å². The third-order valence-electron chi connectivity index (χ3n) is 3.54. The fourth-order valence-corrected chi connectivity index (χ4v) is 4.36. The van der Waals surface area contributed by atoms with Gasteiger partial charge in [-0.05, 0) is 26.3 Å². The van der Waals surface area contributed by atoms with E-state index in [1.165, 1.54) is 21.0 Å². The summed E-state index contributed by atoms with van der Waals surface area (Å²) in [5.41, 5.74) is -0.940. The minimum atomic E-state index is -4.10. The second kappa shape index (κ2) is 8.11. The van der Waals surface area contributed by atoms with Gasteiger partial charge in [0, 0.05) is 0 Å². The smallest absolute Gasteiger partial charge is 0.330 e. The Bertz CT molecular complexity index is 925. The van der Waals surface area contributed by atoms with Crippen LogP contribution in [0.1, 0.15) is 30.5 Å². The van der Waals surface area contributed by atoms with Crippen molar-refractivity contribution in [3.8, 4) is 0 Å². The number of nitrogens with zero attached hydrogens (tertiary/aromatic N) is 2. The SMILES string of the molecule is COC(=O)C(C)(C)NC(=O)[C@H](NS(=O)(=O)c1nnc(C)s1)c1ccccc1. The molecule has 1 heterocycles. The molecule has 11 heteroatoms. The van der Waals surface area contributed by atoms with Crippen LogP contribution in [0.15, 0.2) is 34.7 Å². The van der Waals surface area contributed by atoms with Gasteiger partial charge in [-0.2, -0.15) is 4.72 Å². The first kappa shape index (κ1) is 20.9. The van der Waals surface area contributed by atoms with Gasteiger partial charge >= 0.3 is 5.97 Å². The van der Waals surface area contributed by atoms with E-state index in [9.17, 15) is 18.0 Å². The molecule has 0 aliphatic rings. The molecule has 0 saturated carbocycles. The highest BCUT2D eigenvalue weighted by Crippen LogP contribution is 2.21. The second-order valence-electron chi connectivity index (χ2n) is 6.16. The van der Waals surface area contributed by atoms with Gasteiger partial charge in [-0.25, -0.2) is 13.2 Å². The van der Waals surface area contributed by atoms with Crippen LogP contribution in [-0.4, -0.2) is 43.1 Å². The molecule has 1 aromatic carbocycles. The molecule has 146 valence electrons. The summed E-state index contributed by atoms with van der Waals surface area (Å²) in [4.78, 5) is 24.7. The Hall–Kier alpha value is -2.37. The Morgan fingerprint density at radius 3 is 2.33 bits per heavy atom. The van der Waals surface area contributed by atoms with Crippen molar-refractivity contribution < 1.29 is 22.7 Å². The van der Waals surface area contributed by atoms with Crippen LogP contribution in [0, 0.1) is 6.92 Å². The van der Waals surface area contributed by atoms with E-state index in [0.29, 0.717) is 10.6 Å². The first-order chi connectivity index (χ1) is 12.6. The van der Waals surface area contributed by atoms with E-state index in [-0.39, 0.29) is 4.34 Å². The number of aromatic nitrogens is 2. The molecule has 1 aromatic heterocycles. The van der Waals surface area contributed by atoms with Crippen LogP contribution in [0.5, 0.6) is 0 Å². The van der Waals surface area contributed by atoms with E-state index >= 15 is 0 Å². The van der Waals surface area contributed by atoms with Crippen LogP contribution in [0.2, 0.25) is 0 Å². The molecule has 0 unspecified atom stereocenters. The molecule has 0 aliphatic carbocycles. The third-order valence-corrected chi connectivity index (χ3v) is 6.17. The van der Waals surface area contributed by atoms with Crippen LogP contribution in [-0.2, 0) is 24.3 Å². The summed E-state index contributed by atoms with van der Waals surface area (Å²) in [7, 11) is -2.90. The van der Waals surface area contributed by atoms with Crippen molar-refractivity contribution in [2.24, 2.45) is 0 Å². The van der Waals surface area contributed by atoms with E-state index in [4.69, 9.17) is 0 Å². The molecule has 2 aromatic rings. The maximum absolute atomic E-state index is 12.8. The van der Waals surface area contributed by atoms with E-state index in [0.717, 1.165) is 11.3 Å². The monoisotopic (exact) mass is 412 g/mol. The van der Waals surface area contributed by atoms with Gasteiger partial charge < -0.3 is 10.1 Å². The number of benzene rings is 1. The number of carbonyl (C=O) groups is 2. The molecule has 1 atom stereocenters. The molecule has 2 N–H and O–H groups in total. The first-order valence-corrected chi connectivity index (χ1v) is 10.1. The Labute approximate surface area is 161 Å². The van der Waals surface area contributed by atoms with Crippen LogP contribution in [0.3, 0.4) is 0 Å². The van der Waals surface area contributed by atoms with E-state index in [2.05, 4.69) is 25.0 Å². The lowest BCUT2D eigenvalue weighted by Crippen LogP contribution is -2.53. The largest absolute Gasteiger partial charge is 0.467 e. The van der Waals surface area contributed by atoms with Gasteiger partial charge in [-0.15, -0.1) is 10.2 Å². The highest BCUT2D eigenvalue weighted by Gasteiger charge is 2.36. The van der Waals surface area contributed by atoms with Gasteiger partial charge in [-0.1, -0.05) is 41.7 Å². The number of nitrogens with one attached hydrogen (secondary N) is 2. The highest BCUT2D eigenvalue weighted by atomic mass is 32.2. The molecule has 9 nitrogen and oxygen atoms in total. The minimum absolute atomic E-state index is 0.249. The fraction of sp³-hybridized carbons (Fsp3) is 0.375. The average molecular weight is 412 g/mol. The van der Waals surface area contributed by atoms with Crippen molar-refractivity contribution in [2.45, 2.75) is 36.7 Å². The van der Waals surface area contributed by atoms with Crippen LogP contribution in [0.25, 0.3) is 0 Å². The Morgan fingerprint density at radius 1 is 1.19 bits per heavy atom. The summed E-state index contributed by atoms with van der Waals surface area (Å²) in [5, 5.41) is 10.3. The first-order valence-electron chi connectivity index (χ1n) is 7.84. The molecule has 0 radical (unpaired) electrons. The molecule has 0 saturated heterocycles. The molecule has 0 fully saturated rings. The molecule has 1 amide bonds. The van der Waals surface area contributed by atoms with Crippen molar-refractivity contribution in [1.29, 1.82) is 0 Å². The van der Waals surface area contributed by atoms with Crippen molar-refractivity contribution in [2.75, 3.05) is 7.11 Å². The molecule has 0 spiro atoms. The van der Waals surface area contributed by atoms with Crippen molar-refractivity contribution >= 4 is 33.2 Å². The molecular formula is C16H20N4O5S2. The average Bonchev–Trinajstić information content (AvgIpc) is 3.06. The number of carbonyl (C=O) groups excluding carboxylic acids is 2. The number of rotatable bonds is 7. The summed E-state index contributed by atoms with van der Waals surface area (Å²) >= 11 is 0.887. The second-order valence-corrected chi connectivity index (χ2v) is 9.23. The lowest BCUT2D eigenvalue weighted by molar-refractivity contribution is -0.149. The number of hydrogen-bond donors (Lipinski definition) is 2. The quantitative estimate of drug-likeness (QED) is 0.648. The predicted octanol–water partition coefficient (Wildman–Crippen LogP) is 0.934. The van der Waals surface area contributed by atoms with Crippen LogP contribution < -0.4 is 10.0 Å². The van der Waals surface area contributed by atoms with Gasteiger partial charge in [0.05, 0.1) is 7.11 Å². The molecule has 0 aliphatic heterocycles. The minimum Gasteiger partial charge on any atom is -0.467 e. The lowest BCUT2D eigenvalue weighted by Gasteiger charge is -2.26. The molecular weight excluding hydrogens is 392 g/mol. The van der Waals surface area contributed by atoms with Gasteiger partial charge in [0.2, 0.25) is 10.2 Å². The number of aryl methyl sites for hydroxylation is 1. The summed E-state index contributed by atoms with van der Waals surface area (Å²) in [5.74, 6) is -1.37. The number of amides is 1. The van der Waals surface area contributed by atoms with E-state index in [1.807, 2.05) is 0 Å². The van der Waals surface area contributed by atoms with Gasteiger partial charge in [0.15, 0.2) is 0 Å². The fourth-order valence-electron chi connectivity index (χ4n) is 2.20. The number of sulfonamides is 1. The summed E-state index contributed by atoms with van der Waals surface area (Å²) in [6, 6.07) is 7.00. The summed E-state index contributed by atoms with van der Waals surface area (Å²) in [6.45, 7) is 4.54. The van der Waals surface area contributed by atoms with E-state index in [1.54, 1.807) is 37.3 Å². The van der Waals surface area contributed by atoms with Crippen LogP contribution >= 0.6 is 11.3 Å². The lowest BCUT2D eigenvalue weighted by atomic mass is 10.0. The zero-order valence-electron chi connectivity index (χ0n) is 15.2. The zero-order valence-corrected chi connectivity index (χ0v) is 16.8. The molecule has 0 bridgehead atoms. The maximum atomic E-state index is 12.8. The van der Waals surface area contributed by atoms with Crippen molar-refractivity contribution in [1.82, 2.24) is 20.2 Å². The number of esters is 1. The molecule has 27 heavy (non-hydrogen) atoms. The predicted molar refractivity (Wildman–Crippen MR) is 98.4 cm³/mol. The standard InChI is InChI=1S/C16H20N4O5S2/c1-10-18-19-15(26-10)27(23,24)20-12(11-8-6-5-7-9-11)13(21)17-16(2,3)14(22)25-4/h5-9,12,20H,1-4H3,(H,17,21)/t12-/m1/s1. The van der Waals surface area contributed by atoms with E-state index < -0.39 is 33.5 Å². The van der Waals surface area contributed by atoms with Crippen LogP contribution in [0.4, 0.5) is 0 Å². The summed E-state index contributed by atoms with van der Waals surface area (Å²) in [6.07, 6.45) is 0. The highest BCUT2D eigenvalue weighted by molar-refractivity contribution is 7.91.